The van der Waals surface area contributed by atoms with Gasteiger partial charge in [-0.15, -0.1) is 12.4 Å². The van der Waals surface area contributed by atoms with Crippen molar-refractivity contribution >= 4 is 12.4 Å². The maximum Gasteiger partial charge on any atom is 0.00536 e. The predicted molar refractivity (Wildman–Crippen MR) is 70.9 cm³/mol. The Balaban J connectivity index is 0.000000963. The van der Waals surface area contributed by atoms with Gasteiger partial charge in [0.25, 0.3) is 0 Å². The van der Waals surface area contributed by atoms with Crippen molar-refractivity contribution in [2.75, 3.05) is 19.6 Å². The molecule has 0 N–H and O–H groups in total. The number of halogens is 1. The van der Waals surface area contributed by atoms with Crippen molar-refractivity contribution in [1.29, 1.82) is 0 Å². The van der Waals surface area contributed by atoms with Gasteiger partial charge in [0.1, 0.15) is 0 Å². The van der Waals surface area contributed by atoms with E-state index in [4.69, 9.17) is 0 Å². The summed E-state index contributed by atoms with van der Waals surface area (Å²) in [5.41, 5.74) is 3.25. The zero-order valence-electron chi connectivity index (χ0n) is 9.86. The van der Waals surface area contributed by atoms with Crippen LogP contribution < -0.4 is 0 Å². The van der Waals surface area contributed by atoms with E-state index < -0.39 is 0 Å². The SMILES string of the molecule is CCN1CC2C=CC3=C(CCC=C3)C2C1.Cl. The second kappa shape index (κ2) is 4.77. The summed E-state index contributed by atoms with van der Waals surface area (Å²) < 4.78 is 0. The Morgan fingerprint density at radius 2 is 2.19 bits per heavy atom. The van der Waals surface area contributed by atoms with Crippen molar-refractivity contribution in [2.24, 2.45) is 11.8 Å². The Morgan fingerprint density at radius 3 is 3.00 bits per heavy atom. The molecule has 16 heavy (non-hydrogen) atoms. The molecule has 3 aliphatic rings. The second-order valence-corrected chi connectivity index (χ2v) is 4.90. The summed E-state index contributed by atoms with van der Waals surface area (Å²) in [4.78, 5) is 2.59. The molecule has 1 fully saturated rings. The van der Waals surface area contributed by atoms with E-state index >= 15 is 0 Å². The average molecular weight is 238 g/mol. The third kappa shape index (κ3) is 1.87. The fourth-order valence-electron chi connectivity index (χ4n) is 3.23. The van der Waals surface area contributed by atoms with Crippen LogP contribution in [0.1, 0.15) is 19.8 Å². The number of allylic oxidation sites excluding steroid dienone is 4. The maximum atomic E-state index is 2.59. The van der Waals surface area contributed by atoms with Gasteiger partial charge in [-0.1, -0.05) is 36.8 Å². The van der Waals surface area contributed by atoms with Gasteiger partial charge in [0.2, 0.25) is 0 Å². The van der Waals surface area contributed by atoms with Crippen LogP contribution in [-0.4, -0.2) is 24.5 Å². The molecule has 0 amide bonds. The molecule has 0 aromatic heterocycles. The fraction of sp³-hybridized carbons (Fsp3) is 0.571. The zero-order chi connectivity index (χ0) is 10.3. The van der Waals surface area contributed by atoms with E-state index in [2.05, 4.69) is 36.1 Å². The standard InChI is InChI=1S/C14H19N.ClH/c1-2-15-9-12-8-7-11-5-3-4-6-13(11)14(12)10-15;/h3,5,7-8,12,14H,2,4,6,9-10H2,1H3;1H. The molecule has 2 heteroatoms. The van der Waals surface area contributed by atoms with Crippen LogP contribution in [0.5, 0.6) is 0 Å². The first-order valence-corrected chi connectivity index (χ1v) is 6.18. The van der Waals surface area contributed by atoms with Gasteiger partial charge >= 0.3 is 0 Å². The van der Waals surface area contributed by atoms with E-state index in [0.29, 0.717) is 0 Å². The van der Waals surface area contributed by atoms with E-state index in [1.54, 1.807) is 5.57 Å². The largest absolute Gasteiger partial charge is 0.302 e. The molecule has 2 unspecified atom stereocenters. The monoisotopic (exact) mass is 237 g/mol. The van der Waals surface area contributed by atoms with Gasteiger partial charge in [-0.2, -0.15) is 0 Å². The van der Waals surface area contributed by atoms with Gasteiger partial charge in [0, 0.05) is 19.0 Å². The molecule has 0 spiro atoms. The van der Waals surface area contributed by atoms with Crippen molar-refractivity contribution in [1.82, 2.24) is 4.90 Å². The van der Waals surface area contributed by atoms with Gasteiger partial charge in [-0.05, 0) is 30.9 Å². The molecule has 1 saturated heterocycles. The van der Waals surface area contributed by atoms with Crippen molar-refractivity contribution in [3.05, 3.63) is 35.5 Å². The molecule has 88 valence electrons. The molecule has 2 atom stereocenters. The summed E-state index contributed by atoms with van der Waals surface area (Å²) in [6.45, 7) is 6.05. The van der Waals surface area contributed by atoms with Gasteiger partial charge in [0.15, 0.2) is 0 Å². The van der Waals surface area contributed by atoms with Crippen LogP contribution >= 0.6 is 12.4 Å². The van der Waals surface area contributed by atoms with Crippen LogP contribution in [-0.2, 0) is 0 Å². The summed E-state index contributed by atoms with van der Waals surface area (Å²) in [7, 11) is 0. The van der Waals surface area contributed by atoms with Gasteiger partial charge in [0.05, 0.1) is 0 Å². The Labute approximate surface area is 104 Å². The lowest BCUT2D eigenvalue weighted by molar-refractivity contribution is 0.345. The topological polar surface area (TPSA) is 3.24 Å². The molecule has 0 saturated carbocycles. The number of rotatable bonds is 1. The first kappa shape index (κ1) is 11.9. The third-order valence-electron chi connectivity index (χ3n) is 4.11. The molecule has 2 aliphatic carbocycles. The van der Waals surface area contributed by atoms with Crippen LogP contribution in [0.4, 0.5) is 0 Å². The number of nitrogens with zero attached hydrogens (tertiary/aromatic N) is 1. The van der Waals surface area contributed by atoms with E-state index in [-0.39, 0.29) is 12.4 Å². The van der Waals surface area contributed by atoms with Gasteiger partial charge in [-0.3, -0.25) is 0 Å². The molecule has 1 aliphatic heterocycles. The summed E-state index contributed by atoms with van der Waals surface area (Å²) in [6.07, 6.45) is 12.0. The Hall–Kier alpha value is -0.530. The molecule has 0 aromatic rings. The Kier molecular flexibility index (Phi) is 3.56. The highest BCUT2D eigenvalue weighted by Gasteiger charge is 2.35. The molecule has 1 heterocycles. The highest BCUT2D eigenvalue weighted by Crippen LogP contribution is 2.39. The van der Waals surface area contributed by atoms with E-state index in [0.717, 1.165) is 11.8 Å². The minimum atomic E-state index is 0. The Bertz CT molecular complexity index is 354. The normalized spacial score (nSPS) is 32.3. The Morgan fingerprint density at radius 1 is 1.31 bits per heavy atom. The molecular weight excluding hydrogens is 218 g/mol. The van der Waals surface area contributed by atoms with E-state index in [1.165, 1.54) is 38.0 Å². The predicted octanol–water partition coefficient (Wildman–Crippen LogP) is 3.19. The van der Waals surface area contributed by atoms with Crippen molar-refractivity contribution in [2.45, 2.75) is 19.8 Å². The van der Waals surface area contributed by atoms with Gasteiger partial charge in [-0.25, -0.2) is 0 Å². The second-order valence-electron chi connectivity index (χ2n) is 4.90. The van der Waals surface area contributed by atoms with E-state index in [1.807, 2.05) is 0 Å². The minimum Gasteiger partial charge on any atom is -0.302 e. The number of hydrogen-bond acceptors (Lipinski definition) is 1. The first-order valence-electron chi connectivity index (χ1n) is 6.18. The van der Waals surface area contributed by atoms with Crippen molar-refractivity contribution in [3.8, 4) is 0 Å². The van der Waals surface area contributed by atoms with E-state index in [9.17, 15) is 0 Å². The summed E-state index contributed by atoms with van der Waals surface area (Å²) >= 11 is 0. The highest BCUT2D eigenvalue weighted by atomic mass is 35.5. The molecule has 0 bridgehead atoms. The molecule has 3 rings (SSSR count). The van der Waals surface area contributed by atoms with Crippen LogP contribution in [0.15, 0.2) is 35.5 Å². The lowest BCUT2D eigenvalue weighted by atomic mass is 9.78. The summed E-state index contributed by atoms with van der Waals surface area (Å²) in [6, 6.07) is 0. The lowest BCUT2D eigenvalue weighted by Crippen LogP contribution is -2.20. The smallest absolute Gasteiger partial charge is 0.00536 e. The number of likely N-dealkylation sites (tertiary alicyclic amines) is 1. The maximum absolute atomic E-state index is 2.59. The van der Waals surface area contributed by atoms with Crippen LogP contribution in [0.3, 0.4) is 0 Å². The van der Waals surface area contributed by atoms with Crippen LogP contribution in [0.25, 0.3) is 0 Å². The third-order valence-corrected chi connectivity index (χ3v) is 4.11. The zero-order valence-corrected chi connectivity index (χ0v) is 10.7. The summed E-state index contributed by atoms with van der Waals surface area (Å²) in [5.74, 6) is 1.63. The lowest BCUT2D eigenvalue weighted by Gasteiger charge is -2.27. The molecule has 0 radical (unpaired) electrons. The van der Waals surface area contributed by atoms with Crippen molar-refractivity contribution in [3.63, 3.8) is 0 Å². The quantitative estimate of drug-likeness (QED) is 0.677. The van der Waals surface area contributed by atoms with Crippen molar-refractivity contribution < 1.29 is 0 Å². The molecule has 0 aromatic carbocycles. The summed E-state index contributed by atoms with van der Waals surface area (Å²) in [5, 5.41) is 0. The minimum absolute atomic E-state index is 0. The van der Waals surface area contributed by atoms with Gasteiger partial charge < -0.3 is 4.90 Å². The first-order chi connectivity index (χ1) is 7.38. The van der Waals surface area contributed by atoms with Crippen LogP contribution in [0.2, 0.25) is 0 Å². The average Bonchev–Trinajstić information content (AvgIpc) is 2.72. The molecule has 1 nitrogen and oxygen atoms in total. The fourth-order valence-corrected chi connectivity index (χ4v) is 3.23. The number of fused-ring (bicyclic) bond motifs is 2. The number of hydrogen-bond donors (Lipinski definition) is 0. The highest BCUT2D eigenvalue weighted by molar-refractivity contribution is 5.85. The van der Waals surface area contributed by atoms with Crippen LogP contribution in [0, 0.1) is 11.8 Å². The molecular formula is C14H20ClN.